The summed E-state index contributed by atoms with van der Waals surface area (Å²) in [5.74, 6) is -5.98. The summed E-state index contributed by atoms with van der Waals surface area (Å²) in [6.45, 7) is 0.322. The molecule has 1 atom stereocenters. The highest BCUT2D eigenvalue weighted by atomic mass is 32.1. The van der Waals surface area contributed by atoms with Crippen LogP contribution in [0.25, 0.3) is 0 Å². The first-order chi connectivity index (χ1) is 20.2. The van der Waals surface area contributed by atoms with Crippen LogP contribution in [0.4, 0.5) is 13.2 Å². The Kier molecular flexibility index (Phi) is 12.4. The quantitative estimate of drug-likeness (QED) is 0.226. The molecule has 230 valence electrons. The number of fused-ring (bicyclic) bond motifs is 1. The SMILES string of the molecule is NC(=O)c1sc2c(c1C(=O)O)CCCC2.NCc1cccc(C(=O)N[C@@H](C(=O)O)c2ccccc2)c1.O=C(O)C(F)(F)F. The van der Waals surface area contributed by atoms with Crippen molar-refractivity contribution in [2.75, 3.05) is 0 Å². The van der Waals surface area contributed by atoms with Crippen LogP contribution in [-0.4, -0.2) is 51.2 Å². The molecule has 1 aromatic heterocycles. The van der Waals surface area contributed by atoms with Crippen LogP contribution < -0.4 is 16.8 Å². The average molecular weight is 624 g/mol. The number of rotatable bonds is 7. The van der Waals surface area contributed by atoms with E-state index >= 15 is 0 Å². The van der Waals surface area contributed by atoms with Crippen LogP contribution in [0, 0.1) is 0 Å². The highest BCUT2D eigenvalue weighted by molar-refractivity contribution is 7.14. The third-order valence-electron chi connectivity index (χ3n) is 5.93. The Balaban J connectivity index is 0.000000255. The van der Waals surface area contributed by atoms with Gasteiger partial charge in [-0.2, -0.15) is 13.2 Å². The van der Waals surface area contributed by atoms with Gasteiger partial charge in [0.25, 0.3) is 11.8 Å². The summed E-state index contributed by atoms with van der Waals surface area (Å²) < 4.78 is 31.7. The van der Waals surface area contributed by atoms with E-state index in [9.17, 15) is 37.5 Å². The van der Waals surface area contributed by atoms with Crippen molar-refractivity contribution in [1.82, 2.24) is 5.32 Å². The molecular formula is C28H28F3N3O8S. The molecule has 1 aliphatic rings. The van der Waals surface area contributed by atoms with Crippen molar-refractivity contribution in [1.29, 1.82) is 0 Å². The first-order valence-electron chi connectivity index (χ1n) is 12.5. The molecule has 0 unspecified atom stereocenters. The summed E-state index contributed by atoms with van der Waals surface area (Å²) in [6, 6.07) is 14.3. The van der Waals surface area contributed by atoms with Gasteiger partial charge in [0.15, 0.2) is 6.04 Å². The van der Waals surface area contributed by atoms with Gasteiger partial charge in [-0.3, -0.25) is 9.59 Å². The van der Waals surface area contributed by atoms with Gasteiger partial charge < -0.3 is 32.1 Å². The molecule has 0 saturated heterocycles. The lowest BCUT2D eigenvalue weighted by Crippen LogP contribution is -2.33. The minimum absolute atomic E-state index is 0.141. The van der Waals surface area contributed by atoms with Gasteiger partial charge in [0, 0.05) is 17.0 Å². The summed E-state index contributed by atoms with van der Waals surface area (Å²) in [6.07, 6.45) is -1.42. The number of amides is 2. The second-order valence-electron chi connectivity index (χ2n) is 8.95. The molecule has 0 aliphatic heterocycles. The number of alkyl halides is 3. The summed E-state index contributed by atoms with van der Waals surface area (Å²) in [7, 11) is 0. The molecule has 1 aliphatic carbocycles. The number of thiophene rings is 1. The van der Waals surface area contributed by atoms with Crippen LogP contribution in [0.3, 0.4) is 0 Å². The van der Waals surface area contributed by atoms with Crippen LogP contribution in [0.15, 0.2) is 54.6 Å². The van der Waals surface area contributed by atoms with E-state index in [2.05, 4.69) is 5.32 Å². The van der Waals surface area contributed by atoms with Crippen molar-refractivity contribution in [2.45, 2.75) is 44.4 Å². The summed E-state index contributed by atoms with van der Waals surface area (Å²) in [4.78, 5) is 55.8. The van der Waals surface area contributed by atoms with Gasteiger partial charge in [-0.05, 0) is 54.5 Å². The molecule has 0 radical (unpaired) electrons. The Morgan fingerprint density at radius 1 is 0.930 bits per heavy atom. The number of hydrogen-bond donors (Lipinski definition) is 6. The number of nitrogens with one attached hydrogen (secondary N) is 1. The molecule has 0 bridgehead atoms. The van der Waals surface area contributed by atoms with Crippen molar-refractivity contribution in [3.8, 4) is 0 Å². The van der Waals surface area contributed by atoms with Crippen LogP contribution in [0.5, 0.6) is 0 Å². The number of benzene rings is 2. The normalized spacial score (nSPS) is 12.7. The fourth-order valence-electron chi connectivity index (χ4n) is 3.95. The third kappa shape index (κ3) is 9.93. The fraction of sp³-hybridized carbons (Fsp3) is 0.250. The fourth-order valence-corrected chi connectivity index (χ4v) is 5.19. The lowest BCUT2D eigenvalue weighted by Gasteiger charge is -2.15. The molecule has 4 rings (SSSR count). The lowest BCUT2D eigenvalue weighted by molar-refractivity contribution is -0.192. The Morgan fingerprint density at radius 3 is 2.05 bits per heavy atom. The molecule has 2 amide bonds. The number of primary amides is 1. The zero-order valence-electron chi connectivity index (χ0n) is 22.4. The van der Waals surface area contributed by atoms with Gasteiger partial charge in [0.1, 0.15) is 4.88 Å². The van der Waals surface area contributed by atoms with Gasteiger partial charge >= 0.3 is 24.1 Å². The third-order valence-corrected chi connectivity index (χ3v) is 7.24. The van der Waals surface area contributed by atoms with E-state index in [0.29, 0.717) is 17.7 Å². The number of carbonyl (C=O) groups excluding carboxylic acids is 2. The molecular weight excluding hydrogens is 595 g/mol. The van der Waals surface area contributed by atoms with Crippen molar-refractivity contribution in [2.24, 2.45) is 11.5 Å². The van der Waals surface area contributed by atoms with E-state index < -0.39 is 41.9 Å². The molecule has 0 fully saturated rings. The van der Waals surface area contributed by atoms with Crippen molar-refractivity contribution < 1.29 is 52.5 Å². The average Bonchev–Trinajstić information content (AvgIpc) is 3.37. The van der Waals surface area contributed by atoms with Gasteiger partial charge in [-0.25, -0.2) is 14.4 Å². The molecule has 15 heteroatoms. The molecule has 2 aromatic carbocycles. The molecule has 1 heterocycles. The number of halogens is 3. The van der Waals surface area contributed by atoms with E-state index in [1.54, 1.807) is 48.5 Å². The first kappa shape index (κ1) is 34.4. The highest BCUT2D eigenvalue weighted by Gasteiger charge is 2.38. The zero-order chi connectivity index (χ0) is 32.3. The van der Waals surface area contributed by atoms with Crippen LogP contribution in [0.2, 0.25) is 0 Å². The minimum atomic E-state index is -5.08. The Labute approximate surface area is 246 Å². The number of carboxylic acids is 3. The maximum atomic E-state index is 12.2. The number of carboxylic acid groups (broad SMARTS) is 3. The number of carbonyl (C=O) groups is 5. The molecule has 8 N–H and O–H groups in total. The highest BCUT2D eigenvalue weighted by Crippen LogP contribution is 2.34. The van der Waals surface area contributed by atoms with Crippen molar-refractivity contribution in [3.05, 3.63) is 92.2 Å². The standard InChI is InChI=1S/C16H16N2O3.C10H11NO3S.C2HF3O2/c17-10-11-5-4-8-13(9-11)15(19)18-14(16(20)21)12-6-2-1-3-7-12;11-9(12)8-7(10(13)14)5-3-1-2-4-6(5)15-8;3-2(4,5)1(6)7/h1-9,14H,10,17H2,(H,18,19)(H,20,21);1-4H2,(H2,11,12)(H,13,14);(H,6,7)/t14-;;/m1../s1. The number of aromatic carboxylic acids is 1. The number of aliphatic carboxylic acids is 2. The minimum Gasteiger partial charge on any atom is -0.479 e. The predicted molar refractivity (Wildman–Crippen MR) is 149 cm³/mol. The molecule has 0 saturated carbocycles. The lowest BCUT2D eigenvalue weighted by atomic mass is 9.95. The van der Waals surface area contributed by atoms with Gasteiger partial charge in [-0.15, -0.1) is 11.3 Å². The van der Waals surface area contributed by atoms with E-state index in [-0.39, 0.29) is 10.4 Å². The monoisotopic (exact) mass is 623 g/mol. The summed E-state index contributed by atoms with van der Waals surface area (Å²) in [5, 5.41) is 28.0. The first-order valence-corrected chi connectivity index (χ1v) is 13.3. The van der Waals surface area contributed by atoms with Gasteiger partial charge in [0.2, 0.25) is 0 Å². The Morgan fingerprint density at radius 2 is 1.53 bits per heavy atom. The Bertz CT molecular complexity index is 1480. The van der Waals surface area contributed by atoms with Crippen LogP contribution in [-0.2, 0) is 29.0 Å². The van der Waals surface area contributed by atoms with E-state index in [1.807, 2.05) is 6.07 Å². The second kappa shape index (κ2) is 15.5. The summed E-state index contributed by atoms with van der Waals surface area (Å²) >= 11 is 1.24. The largest absolute Gasteiger partial charge is 0.490 e. The molecule has 11 nitrogen and oxygen atoms in total. The number of nitrogens with two attached hydrogens (primary N) is 2. The number of hydrogen-bond acceptors (Lipinski definition) is 7. The van der Waals surface area contributed by atoms with Gasteiger partial charge in [-0.1, -0.05) is 42.5 Å². The Hall–Kier alpha value is -4.76. The van der Waals surface area contributed by atoms with E-state index in [4.69, 9.17) is 26.5 Å². The topological polar surface area (TPSA) is 210 Å². The zero-order valence-corrected chi connectivity index (χ0v) is 23.2. The molecule has 0 spiro atoms. The number of aryl methyl sites for hydroxylation is 1. The maximum absolute atomic E-state index is 12.2. The van der Waals surface area contributed by atoms with Gasteiger partial charge in [0.05, 0.1) is 5.56 Å². The van der Waals surface area contributed by atoms with Crippen molar-refractivity contribution >= 4 is 41.1 Å². The second-order valence-corrected chi connectivity index (χ2v) is 10.1. The van der Waals surface area contributed by atoms with Crippen molar-refractivity contribution in [3.63, 3.8) is 0 Å². The van der Waals surface area contributed by atoms with Crippen LogP contribution >= 0.6 is 11.3 Å². The molecule has 43 heavy (non-hydrogen) atoms. The molecule has 3 aromatic rings. The smallest absolute Gasteiger partial charge is 0.479 e. The van der Waals surface area contributed by atoms with E-state index in [1.165, 1.54) is 11.3 Å². The maximum Gasteiger partial charge on any atom is 0.490 e. The van der Waals surface area contributed by atoms with Crippen LogP contribution in [0.1, 0.15) is 70.8 Å². The van der Waals surface area contributed by atoms with E-state index in [0.717, 1.165) is 41.7 Å². The predicted octanol–water partition coefficient (Wildman–Crippen LogP) is 3.76. The summed E-state index contributed by atoms with van der Waals surface area (Å²) in [5.41, 5.74) is 13.4.